The van der Waals surface area contributed by atoms with E-state index in [1.807, 2.05) is 6.07 Å². The van der Waals surface area contributed by atoms with E-state index in [-0.39, 0.29) is 18.6 Å². The van der Waals surface area contributed by atoms with Crippen molar-refractivity contribution < 1.29 is 19.4 Å². The Balaban J connectivity index is 1.90. The van der Waals surface area contributed by atoms with Gasteiger partial charge in [-0.25, -0.2) is 4.79 Å². The average molecular weight is 289 g/mol. The molecule has 1 fully saturated rings. The Labute approximate surface area is 120 Å². The van der Waals surface area contributed by atoms with Gasteiger partial charge in [-0.15, -0.1) is 0 Å². The number of carboxylic acids is 1. The highest BCUT2D eigenvalue weighted by molar-refractivity contribution is 6.05. The van der Waals surface area contributed by atoms with Crippen LogP contribution in [-0.2, 0) is 9.53 Å². The molecule has 1 saturated heterocycles. The molecule has 1 aliphatic heterocycles. The van der Waals surface area contributed by atoms with Crippen LogP contribution in [0.3, 0.4) is 0 Å². The summed E-state index contributed by atoms with van der Waals surface area (Å²) in [5.74, 6) is -1.27. The van der Waals surface area contributed by atoms with Gasteiger partial charge in [-0.1, -0.05) is 12.1 Å². The van der Waals surface area contributed by atoms with Crippen LogP contribution in [0.25, 0.3) is 10.9 Å². The zero-order valence-electron chi connectivity index (χ0n) is 11.4. The Kier molecular flexibility index (Phi) is 3.34. The number of nitrogens with one attached hydrogen (secondary N) is 1. The van der Waals surface area contributed by atoms with Gasteiger partial charge in [0.2, 0.25) is 0 Å². The number of carbonyl (C=O) groups is 2. The van der Waals surface area contributed by atoms with Crippen molar-refractivity contribution in [1.82, 2.24) is 15.1 Å². The minimum absolute atomic E-state index is 0.0447. The predicted molar refractivity (Wildman–Crippen MR) is 74.0 cm³/mol. The van der Waals surface area contributed by atoms with Crippen molar-refractivity contribution in [2.24, 2.45) is 0 Å². The van der Waals surface area contributed by atoms with Gasteiger partial charge in [0.05, 0.1) is 29.9 Å². The average Bonchev–Trinajstić information content (AvgIpc) is 2.94. The number of nitrogens with zero attached hydrogens (tertiary/aromatic N) is 2. The van der Waals surface area contributed by atoms with Crippen molar-refractivity contribution in [3.63, 3.8) is 0 Å². The van der Waals surface area contributed by atoms with Crippen molar-refractivity contribution >= 4 is 22.8 Å². The summed E-state index contributed by atoms with van der Waals surface area (Å²) in [7, 11) is 0. The Morgan fingerprint density at radius 3 is 3.00 bits per heavy atom. The second kappa shape index (κ2) is 5.17. The summed E-state index contributed by atoms with van der Waals surface area (Å²) in [5.41, 5.74) is 1.15. The zero-order valence-corrected chi connectivity index (χ0v) is 11.4. The van der Waals surface area contributed by atoms with Gasteiger partial charge in [-0.2, -0.15) is 5.10 Å². The van der Waals surface area contributed by atoms with E-state index in [1.54, 1.807) is 25.3 Å². The molecule has 0 saturated carbocycles. The molecule has 0 spiro atoms. The maximum atomic E-state index is 12.7. The number of morpholine rings is 1. The molecule has 1 aromatic carbocycles. The van der Waals surface area contributed by atoms with E-state index in [0.717, 1.165) is 5.39 Å². The monoisotopic (exact) mass is 289 g/mol. The van der Waals surface area contributed by atoms with Gasteiger partial charge in [-0.05, 0) is 13.0 Å². The summed E-state index contributed by atoms with van der Waals surface area (Å²) in [5, 5.41) is 16.7. The number of fused-ring (bicyclic) bond motifs is 1. The molecule has 1 aromatic heterocycles. The first kappa shape index (κ1) is 13.6. The molecule has 3 rings (SSSR count). The first-order valence-electron chi connectivity index (χ1n) is 6.66. The molecule has 0 aliphatic carbocycles. The van der Waals surface area contributed by atoms with Gasteiger partial charge >= 0.3 is 5.97 Å². The van der Waals surface area contributed by atoms with Crippen molar-refractivity contribution in [3.8, 4) is 0 Å². The lowest BCUT2D eigenvalue weighted by Gasteiger charge is -2.35. The van der Waals surface area contributed by atoms with Crippen LogP contribution in [0.1, 0.15) is 17.3 Å². The fourth-order valence-corrected chi connectivity index (χ4v) is 2.57. The molecule has 2 aromatic rings. The molecule has 0 radical (unpaired) electrons. The third kappa shape index (κ3) is 2.47. The molecule has 1 unspecified atom stereocenters. The molecule has 0 bridgehead atoms. The van der Waals surface area contributed by atoms with Gasteiger partial charge in [0.15, 0.2) is 6.10 Å². The zero-order chi connectivity index (χ0) is 15.0. The number of amides is 1. The minimum Gasteiger partial charge on any atom is -0.479 e. The molecule has 110 valence electrons. The molecule has 2 heterocycles. The van der Waals surface area contributed by atoms with E-state index in [9.17, 15) is 9.59 Å². The van der Waals surface area contributed by atoms with Crippen molar-refractivity contribution in [2.75, 3.05) is 13.1 Å². The third-order valence-electron chi connectivity index (χ3n) is 3.53. The van der Waals surface area contributed by atoms with Crippen LogP contribution in [0, 0.1) is 0 Å². The number of H-pyrrole nitrogens is 1. The topological polar surface area (TPSA) is 95.5 Å². The first-order chi connectivity index (χ1) is 10.1. The number of para-hydroxylation sites is 1. The van der Waals surface area contributed by atoms with Gasteiger partial charge in [-0.3, -0.25) is 9.89 Å². The van der Waals surface area contributed by atoms with Crippen molar-refractivity contribution in [1.29, 1.82) is 0 Å². The standard InChI is InChI=1S/C14H15N3O4/c1-8-6-17(7-11(21-8)14(19)20)13(18)10-4-2-3-9-5-15-16-12(9)10/h2-5,8,11H,6-7H2,1H3,(H,15,16)(H,19,20)/t8-,11?/m1/s1. The van der Waals surface area contributed by atoms with Crippen LogP contribution in [-0.4, -0.2) is 57.4 Å². The Morgan fingerprint density at radius 1 is 1.43 bits per heavy atom. The number of rotatable bonds is 2. The van der Waals surface area contributed by atoms with E-state index in [4.69, 9.17) is 9.84 Å². The van der Waals surface area contributed by atoms with Gasteiger partial charge in [0.25, 0.3) is 5.91 Å². The number of benzene rings is 1. The number of ether oxygens (including phenoxy) is 1. The number of aromatic amines is 1. The fourth-order valence-electron chi connectivity index (χ4n) is 2.57. The van der Waals surface area contributed by atoms with Crippen LogP contribution < -0.4 is 0 Å². The minimum atomic E-state index is -1.06. The fraction of sp³-hybridized carbons (Fsp3) is 0.357. The number of aliphatic carboxylic acids is 1. The van der Waals surface area contributed by atoms with Gasteiger partial charge in [0.1, 0.15) is 0 Å². The van der Waals surface area contributed by atoms with E-state index in [0.29, 0.717) is 17.6 Å². The Bertz CT molecular complexity index is 696. The molecule has 1 aliphatic rings. The Morgan fingerprint density at radius 2 is 2.24 bits per heavy atom. The predicted octanol–water partition coefficient (Wildman–Crippen LogP) is 0.877. The highest BCUT2D eigenvalue weighted by atomic mass is 16.5. The second-order valence-corrected chi connectivity index (χ2v) is 5.12. The SMILES string of the molecule is C[C@@H]1CN(C(=O)c2cccc3cn[nH]c23)CC(C(=O)O)O1. The van der Waals surface area contributed by atoms with E-state index >= 15 is 0 Å². The highest BCUT2D eigenvalue weighted by Crippen LogP contribution is 2.20. The maximum Gasteiger partial charge on any atom is 0.334 e. The summed E-state index contributed by atoms with van der Waals surface area (Å²) < 4.78 is 5.32. The number of hydrogen-bond donors (Lipinski definition) is 2. The number of aromatic nitrogens is 2. The largest absolute Gasteiger partial charge is 0.479 e. The van der Waals surface area contributed by atoms with Crippen LogP contribution in [0.2, 0.25) is 0 Å². The maximum absolute atomic E-state index is 12.7. The van der Waals surface area contributed by atoms with Crippen LogP contribution in [0.5, 0.6) is 0 Å². The Hall–Kier alpha value is -2.41. The smallest absolute Gasteiger partial charge is 0.334 e. The van der Waals surface area contributed by atoms with Crippen molar-refractivity contribution in [3.05, 3.63) is 30.0 Å². The molecular weight excluding hydrogens is 274 g/mol. The molecule has 7 heteroatoms. The summed E-state index contributed by atoms with van der Waals surface area (Å²) >= 11 is 0. The van der Waals surface area contributed by atoms with E-state index in [2.05, 4.69) is 10.2 Å². The highest BCUT2D eigenvalue weighted by Gasteiger charge is 2.33. The molecule has 21 heavy (non-hydrogen) atoms. The molecule has 2 N–H and O–H groups in total. The normalized spacial score (nSPS) is 22.4. The van der Waals surface area contributed by atoms with Gasteiger partial charge in [0, 0.05) is 11.9 Å². The summed E-state index contributed by atoms with van der Waals surface area (Å²) in [4.78, 5) is 25.3. The summed E-state index contributed by atoms with van der Waals surface area (Å²) in [6.07, 6.45) is 0.345. The lowest BCUT2D eigenvalue weighted by atomic mass is 10.1. The molecule has 2 atom stereocenters. The van der Waals surface area contributed by atoms with Crippen molar-refractivity contribution in [2.45, 2.75) is 19.1 Å². The lowest BCUT2D eigenvalue weighted by molar-refractivity contribution is -0.160. The number of hydrogen-bond acceptors (Lipinski definition) is 4. The van der Waals surface area contributed by atoms with Crippen LogP contribution in [0.15, 0.2) is 24.4 Å². The van der Waals surface area contributed by atoms with Crippen LogP contribution >= 0.6 is 0 Å². The molecule has 1 amide bonds. The van der Waals surface area contributed by atoms with E-state index < -0.39 is 12.1 Å². The number of carbonyl (C=O) groups excluding carboxylic acids is 1. The first-order valence-corrected chi connectivity index (χ1v) is 6.66. The van der Waals surface area contributed by atoms with E-state index in [1.165, 1.54) is 4.90 Å². The third-order valence-corrected chi connectivity index (χ3v) is 3.53. The summed E-state index contributed by atoms with van der Waals surface area (Å²) in [6, 6.07) is 5.35. The molecular formula is C14H15N3O4. The lowest BCUT2D eigenvalue weighted by Crippen LogP contribution is -2.51. The van der Waals surface area contributed by atoms with Gasteiger partial charge < -0.3 is 14.7 Å². The quantitative estimate of drug-likeness (QED) is 0.855. The molecule has 7 nitrogen and oxygen atoms in total. The van der Waals surface area contributed by atoms with Crippen LogP contribution in [0.4, 0.5) is 0 Å². The number of carboxylic acid groups (broad SMARTS) is 1. The summed E-state index contributed by atoms with van der Waals surface area (Å²) in [6.45, 7) is 2.17. The second-order valence-electron chi connectivity index (χ2n) is 5.12.